The second-order valence-corrected chi connectivity index (χ2v) is 8.24. The third-order valence-electron chi connectivity index (χ3n) is 5.43. The maximum Gasteiger partial charge on any atom is 0.326 e. The first-order valence-corrected chi connectivity index (χ1v) is 11.2. The molecule has 0 atom stereocenters. The van der Waals surface area contributed by atoms with Gasteiger partial charge in [-0.15, -0.1) is 0 Å². The van der Waals surface area contributed by atoms with Crippen molar-refractivity contribution in [2.75, 3.05) is 5.32 Å². The van der Waals surface area contributed by atoms with Crippen LogP contribution in [0.4, 0.5) is 14.9 Å². The summed E-state index contributed by atoms with van der Waals surface area (Å²) in [4.78, 5) is 24.7. The maximum atomic E-state index is 13.8. The Morgan fingerprint density at radius 1 is 0.886 bits per heavy atom. The number of urea groups is 1. The molecule has 3 amide bonds. The summed E-state index contributed by atoms with van der Waals surface area (Å²) < 4.78 is 20.1. The topological polar surface area (TPSA) is 67.4 Å². The van der Waals surface area contributed by atoms with Crippen molar-refractivity contribution in [3.8, 4) is 22.6 Å². The number of ether oxygens (including phenoxy) is 1. The molecule has 0 aromatic heterocycles. The van der Waals surface area contributed by atoms with E-state index in [1.165, 1.54) is 18.2 Å². The zero-order chi connectivity index (χ0) is 24.9. The number of para-hydroxylation sites is 1. The molecule has 0 saturated heterocycles. The molecule has 0 bridgehead atoms. The fourth-order valence-electron chi connectivity index (χ4n) is 3.60. The first-order chi connectivity index (χ1) is 16.8. The summed E-state index contributed by atoms with van der Waals surface area (Å²) in [5, 5.41) is 5.06. The molecule has 0 radical (unpaired) electrons. The molecular weight excluding hydrogens is 467 g/mol. The van der Waals surface area contributed by atoms with Crippen LogP contribution in [0.5, 0.6) is 11.5 Å². The van der Waals surface area contributed by atoms with Crippen LogP contribution in [-0.2, 0) is 0 Å². The number of imide groups is 1. The highest BCUT2D eigenvalue weighted by Crippen LogP contribution is 2.41. The fraction of sp³-hybridized carbons (Fsp3) is 0.0714. The van der Waals surface area contributed by atoms with Crippen molar-refractivity contribution < 1.29 is 18.7 Å². The van der Waals surface area contributed by atoms with E-state index in [9.17, 15) is 14.0 Å². The van der Waals surface area contributed by atoms with Crippen LogP contribution in [0.1, 0.15) is 21.5 Å². The lowest BCUT2D eigenvalue weighted by Gasteiger charge is -2.18. The Morgan fingerprint density at radius 2 is 1.54 bits per heavy atom. The Kier molecular flexibility index (Phi) is 7.13. The minimum Gasteiger partial charge on any atom is -0.455 e. The van der Waals surface area contributed by atoms with E-state index in [-0.39, 0.29) is 5.56 Å². The van der Waals surface area contributed by atoms with Crippen LogP contribution in [0.25, 0.3) is 11.1 Å². The van der Waals surface area contributed by atoms with Gasteiger partial charge in [0, 0.05) is 11.3 Å². The Hall–Kier alpha value is -4.16. The molecule has 176 valence electrons. The van der Waals surface area contributed by atoms with Crippen molar-refractivity contribution in [3.05, 3.63) is 112 Å². The van der Waals surface area contributed by atoms with Gasteiger partial charge < -0.3 is 10.1 Å². The van der Waals surface area contributed by atoms with Gasteiger partial charge in [0.15, 0.2) is 0 Å². The van der Waals surface area contributed by atoms with Crippen molar-refractivity contribution in [1.29, 1.82) is 0 Å². The monoisotopic (exact) mass is 488 g/mol. The number of benzene rings is 4. The quantitative estimate of drug-likeness (QED) is 0.305. The number of hydrogen-bond donors (Lipinski definition) is 2. The van der Waals surface area contributed by atoms with E-state index in [1.54, 1.807) is 19.9 Å². The molecule has 0 saturated carbocycles. The van der Waals surface area contributed by atoms with E-state index in [2.05, 4.69) is 10.6 Å². The molecule has 35 heavy (non-hydrogen) atoms. The summed E-state index contributed by atoms with van der Waals surface area (Å²) in [5.41, 5.74) is 3.32. The van der Waals surface area contributed by atoms with E-state index in [4.69, 9.17) is 16.3 Å². The van der Waals surface area contributed by atoms with Gasteiger partial charge in [0.1, 0.15) is 17.3 Å². The zero-order valence-electron chi connectivity index (χ0n) is 19.1. The molecule has 0 spiro atoms. The van der Waals surface area contributed by atoms with Crippen LogP contribution in [0, 0.1) is 19.7 Å². The summed E-state index contributed by atoms with van der Waals surface area (Å²) in [7, 11) is 0. The van der Waals surface area contributed by atoms with Crippen molar-refractivity contribution in [3.63, 3.8) is 0 Å². The molecular formula is C28H22ClFN2O3. The smallest absolute Gasteiger partial charge is 0.326 e. The molecule has 2 N–H and O–H groups in total. The normalized spacial score (nSPS) is 10.5. The van der Waals surface area contributed by atoms with Crippen LogP contribution < -0.4 is 15.4 Å². The summed E-state index contributed by atoms with van der Waals surface area (Å²) in [6, 6.07) is 23.8. The van der Waals surface area contributed by atoms with Crippen molar-refractivity contribution in [2.24, 2.45) is 0 Å². The maximum absolute atomic E-state index is 13.8. The number of nitrogens with one attached hydrogen (secondary N) is 2. The number of hydrogen-bond acceptors (Lipinski definition) is 3. The lowest BCUT2D eigenvalue weighted by molar-refractivity contribution is 0.0963. The number of halogens is 2. The molecule has 0 aliphatic rings. The van der Waals surface area contributed by atoms with Crippen LogP contribution in [0.3, 0.4) is 0 Å². The number of aryl methyl sites for hydroxylation is 1. The van der Waals surface area contributed by atoms with Gasteiger partial charge in [0.25, 0.3) is 5.91 Å². The van der Waals surface area contributed by atoms with Crippen molar-refractivity contribution >= 4 is 29.2 Å². The average Bonchev–Trinajstić information content (AvgIpc) is 2.86. The molecule has 0 aliphatic heterocycles. The van der Waals surface area contributed by atoms with Crippen LogP contribution in [0.15, 0.2) is 84.9 Å². The molecule has 7 heteroatoms. The Bertz CT molecular complexity index is 1410. The minimum absolute atomic E-state index is 0.227. The first kappa shape index (κ1) is 24.0. The molecule has 4 aromatic rings. The third kappa shape index (κ3) is 5.34. The van der Waals surface area contributed by atoms with Gasteiger partial charge in [-0.05, 0) is 54.8 Å². The molecule has 4 aromatic carbocycles. The molecule has 5 nitrogen and oxygen atoms in total. The molecule has 0 heterocycles. The molecule has 0 unspecified atom stereocenters. The van der Waals surface area contributed by atoms with Gasteiger partial charge in [-0.25, -0.2) is 9.18 Å². The standard InChI is InChI=1S/C28H22ClFN2O3/c1-17-16-23(31-28(34)32-27(33)21-13-6-8-14-22(21)30)18(2)25(29)26(17)35-24-15-9-7-12-20(24)19-10-4-3-5-11-19/h3-16H,1-2H3,(H2,31,32,33,34). The van der Waals surface area contributed by atoms with E-state index >= 15 is 0 Å². The third-order valence-corrected chi connectivity index (χ3v) is 5.88. The SMILES string of the molecule is Cc1cc(NC(=O)NC(=O)c2ccccc2F)c(C)c(Cl)c1Oc1ccccc1-c1ccccc1. The fourth-order valence-corrected chi connectivity index (χ4v) is 3.89. The van der Waals surface area contributed by atoms with Crippen LogP contribution in [0.2, 0.25) is 5.02 Å². The summed E-state index contributed by atoms with van der Waals surface area (Å²) in [5.74, 6) is -0.471. The number of carbonyl (C=O) groups excluding carboxylic acids is 2. The van der Waals surface area contributed by atoms with Gasteiger partial charge in [-0.1, -0.05) is 72.3 Å². The van der Waals surface area contributed by atoms with E-state index in [1.807, 2.05) is 54.6 Å². The van der Waals surface area contributed by atoms with E-state index in [0.717, 1.165) is 17.2 Å². The number of rotatable bonds is 5. The van der Waals surface area contributed by atoms with Gasteiger partial charge in [0.05, 0.1) is 10.6 Å². The van der Waals surface area contributed by atoms with Gasteiger partial charge in [-0.2, -0.15) is 0 Å². The van der Waals surface area contributed by atoms with Crippen molar-refractivity contribution in [1.82, 2.24) is 5.32 Å². The first-order valence-electron chi connectivity index (χ1n) is 10.8. The summed E-state index contributed by atoms with van der Waals surface area (Å²) >= 11 is 6.64. The van der Waals surface area contributed by atoms with Crippen LogP contribution >= 0.6 is 11.6 Å². The highest BCUT2D eigenvalue weighted by molar-refractivity contribution is 6.33. The second kappa shape index (κ2) is 10.4. The zero-order valence-corrected chi connectivity index (χ0v) is 19.8. The van der Waals surface area contributed by atoms with E-state index in [0.29, 0.717) is 33.3 Å². The number of amides is 3. The predicted molar refractivity (Wildman–Crippen MR) is 136 cm³/mol. The van der Waals surface area contributed by atoms with Gasteiger partial charge in [-0.3, -0.25) is 10.1 Å². The molecule has 4 rings (SSSR count). The molecule has 0 aliphatic carbocycles. The lowest BCUT2D eigenvalue weighted by atomic mass is 10.0. The number of anilines is 1. The highest BCUT2D eigenvalue weighted by Gasteiger charge is 2.19. The average molecular weight is 489 g/mol. The predicted octanol–water partition coefficient (Wildman–Crippen LogP) is 7.52. The van der Waals surface area contributed by atoms with E-state index < -0.39 is 17.8 Å². The highest BCUT2D eigenvalue weighted by atomic mass is 35.5. The summed E-state index contributed by atoms with van der Waals surface area (Å²) in [6.45, 7) is 3.53. The van der Waals surface area contributed by atoms with Crippen molar-refractivity contribution in [2.45, 2.75) is 13.8 Å². The second-order valence-electron chi connectivity index (χ2n) is 7.86. The van der Waals surface area contributed by atoms with Crippen LogP contribution in [-0.4, -0.2) is 11.9 Å². The number of carbonyl (C=O) groups is 2. The van der Waals surface area contributed by atoms with Gasteiger partial charge >= 0.3 is 6.03 Å². The lowest BCUT2D eigenvalue weighted by Crippen LogP contribution is -2.35. The Balaban J connectivity index is 1.56. The van der Waals surface area contributed by atoms with Gasteiger partial charge in [0.2, 0.25) is 0 Å². The Morgan fingerprint density at radius 3 is 2.29 bits per heavy atom. The summed E-state index contributed by atoms with van der Waals surface area (Å²) in [6.07, 6.45) is 0. The largest absolute Gasteiger partial charge is 0.455 e. The Labute approximate surface area is 207 Å². The molecule has 0 fully saturated rings. The minimum atomic E-state index is -0.849.